The highest BCUT2D eigenvalue weighted by Gasteiger charge is 2.19. The van der Waals surface area contributed by atoms with Gasteiger partial charge in [-0.15, -0.1) is 0 Å². The topological polar surface area (TPSA) is 83.4 Å². The molecule has 1 aliphatic carbocycles. The second kappa shape index (κ2) is 9.94. The number of benzene rings is 1. The Morgan fingerprint density at radius 3 is 2.33 bits per heavy atom. The third-order valence-corrected chi connectivity index (χ3v) is 3.75. The first-order valence-corrected chi connectivity index (χ1v) is 9.23. The fourth-order valence-electron chi connectivity index (χ4n) is 2.51. The molecule has 1 aliphatic rings. The number of carbonyl (C=O) groups excluding carboxylic acids is 2. The lowest BCUT2D eigenvalue weighted by Gasteiger charge is -2.18. The van der Waals surface area contributed by atoms with Crippen molar-refractivity contribution in [3.8, 4) is 5.75 Å². The predicted molar refractivity (Wildman–Crippen MR) is 100 cm³/mol. The SMILES string of the molecule is CC(C)COC(=O)ON=C1CCCc2cc(OC(=O)OCC(C)C)ccc21. The van der Waals surface area contributed by atoms with Crippen LogP contribution in [0.4, 0.5) is 9.59 Å². The fourth-order valence-corrected chi connectivity index (χ4v) is 2.51. The molecule has 7 heteroatoms. The molecule has 0 radical (unpaired) electrons. The maximum Gasteiger partial charge on any atom is 0.535 e. The first kappa shape index (κ1) is 20.7. The Labute approximate surface area is 159 Å². The van der Waals surface area contributed by atoms with Gasteiger partial charge < -0.3 is 14.2 Å². The molecule has 0 N–H and O–H groups in total. The maximum atomic E-state index is 11.7. The van der Waals surface area contributed by atoms with Gasteiger partial charge in [-0.1, -0.05) is 32.9 Å². The Morgan fingerprint density at radius 2 is 1.67 bits per heavy atom. The summed E-state index contributed by atoms with van der Waals surface area (Å²) in [5, 5.41) is 3.95. The van der Waals surface area contributed by atoms with Crippen LogP contribution in [0.5, 0.6) is 5.75 Å². The molecular weight excluding hydrogens is 350 g/mol. The molecule has 7 nitrogen and oxygen atoms in total. The van der Waals surface area contributed by atoms with Crippen molar-refractivity contribution in [3.05, 3.63) is 29.3 Å². The lowest BCUT2D eigenvalue weighted by molar-refractivity contribution is 0.0493. The molecule has 0 aliphatic heterocycles. The zero-order valence-electron chi connectivity index (χ0n) is 16.3. The molecule has 0 amide bonds. The van der Waals surface area contributed by atoms with Gasteiger partial charge in [-0.25, -0.2) is 9.59 Å². The summed E-state index contributed by atoms with van der Waals surface area (Å²) < 4.78 is 15.2. The Hall–Kier alpha value is -2.57. The van der Waals surface area contributed by atoms with Gasteiger partial charge in [0, 0.05) is 5.56 Å². The third-order valence-electron chi connectivity index (χ3n) is 3.75. The Bertz CT molecular complexity index is 696. The molecular formula is C20H27NO6. The van der Waals surface area contributed by atoms with Crippen molar-refractivity contribution < 1.29 is 28.6 Å². The monoisotopic (exact) mass is 377 g/mol. The van der Waals surface area contributed by atoms with Crippen molar-refractivity contribution >= 4 is 18.0 Å². The summed E-state index contributed by atoms with van der Waals surface area (Å²) >= 11 is 0. The molecule has 27 heavy (non-hydrogen) atoms. The number of nitrogens with zero attached hydrogens (tertiary/aromatic N) is 1. The van der Waals surface area contributed by atoms with Crippen LogP contribution in [0.2, 0.25) is 0 Å². The van der Waals surface area contributed by atoms with Crippen LogP contribution in [0.15, 0.2) is 23.4 Å². The molecule has 0 atom stereocenters. The summed E-state index contributed by atoms with van der Waals surface area (Å²) in [6.45, 7) is 8.38. The number of carbonyl (C=O) groups is 2. The molecule has 0 saturated heterocycles. The first-order chi connectivity index (χ1) is 12.8. The van der Waals surface area contributed by atoms with Gasteiger partial charge in [-0.05, 0) is 54.9 Å². The van der Waals surface area contributed by atoms with E-state index in [4.69, 9.17) is 19.0 Å². The zero-order chi connectivity index (χ0) is 19.8. The van der Waals surface area contributed by atoms with Gasteiger partial charge in [0.05, 0.1) is 18.9 Å². The predicted octanol–water partition coefficient (Wildman–Crippen LogP) is 4.71. The van der Waals surface area contributed by atoms with E-state index in [2.05, 4.69) is 5.16 Å². The van der Waals surface area contributed by atoms with Gasteiger partial charge in [0.15, 0.2) is 0 Å². The third kappa shape index (κ3) is 6.92. The largest absolute Gasteiger partial charge is 0.535 e. The minimum atomic E-state index is -0.809. The summed E-state index contributed by atoms with van der Waals surface area (Å²) in [6.07, 6.45) is 0.851. The molecule has 0 bridgehead atoms. The average molecular weight is 377 g/mol. The van der Waals surface area contributed by atoms with E-state index in [0.717, 1.165) is 24.0 Å². The second-order valence-electron chi connectivity index (χ2n) is 7.31. The fraction of sp³-hybridized carbons (Fsp3) is 0.550. The molecule has 0 aromatic heterocycles. The number of hydrogen-bond acceptors (Lipinski definition) is 7. The van der Waals surface area contributed by atoms with Crippen molar-refractivity contribution in [2.24, 2.45) is 17.0 Å². The van der Waals surface area contributed by atoms with Crippen LogP contribution in [-0.2, 0) is 20.7 Å². The summed E-state index contributed by atoms with van der Waals surface area (Å²) in [7, 11) is 0. The van der Waals surface area contributed by atoms with Crippen molar-refractivity contribution in [3.63, 3.8) is 0 Å². The Balaban J connectivity index is 2.00. The minimum Gasteiger partial charge on any atom is -0.434 e. The number of aryl methyl sites for hydroxylation is 1. The van der Waals surface area contributed by atoms with Crippen LogP contribution < -0.4 is 4.74 Å². The van der Waals surface area contributed by atoms with E-state index in [1.165, 1.54) is 0 Å². The van der Waals surface area contributed by atoms with Gasteiger partial charge in [-0.2, -0.15) is 0 Å². The highest BCUT2D eigenvalue weighted by molar-refractivity contribution is 6.02. The molecule has 0 spiro atoms. The molecule has 148 valence electrons. The highest BCUT2D eigenvalue weighted by Crippen LogP contribution is 2.26. The summed E-state index contributed by atoms with van der Waals surface area (Å²) in [4.78, 5) is 28.1. The number of ether oxygens (including phenoxy) is 3. The Morgan fingerprint density at radius 1 is 1.00 bits per heavy atom. The molecule has 0 heterocycles. The maximum absolute atomic E-state index is 11.7. The van der Waals surface area contributed by atoms with Crippen LogP contribution in [0.3, 0.4) is 0 Å². The normalized spacial score (nSPS) is 14.8. The van der Waals surface area contributed by atoms with E-state index in [1.54, 1.807) is 18.2 Å². The van der Waals surface area contributed by atoms with Gasteiger partial charge in [0.25, 0.3) is 0 Å². The van der Waals surface area contributed by atoms with Crippen LogP contribution in [0.25, 0.3) is 0 Å². The molecule has 1 aromatic rings. The number of hydrogen-bond donors (Lipinski definition) is 0. The standard InChI is InChI=1S/C20H27NO6/c1-13(2)11-24-19(22)26-16-8-9-17-15(10-16)6-5-7-18(17)21-27-20(23)25-12-14(3)4/h8-10,13-14H,5-7,11-12H2,1-4H3. The van der Waals surface area contributed by atoms with Crippen LogP contribution in [-0.4, -0.2) is 31.2 Å². The van der Waals surface area contributed by atoms with Gasteiger partial charge in [-0.3, -0.25) is 4.84 Å². The lowest BCUT2D eigenvalue weighted by Crippen LogP contribution is -2.16. The number of rotatable bonds is 6. The van der Waals surface area contributed by atoms with Crippen molar-refractivity contribution in [2.75, 3.05) is 13.2 Å². The van der Waals surface area contributed by atoms with E-state index >= 15 is 0 Å². The van der Waals surface area contributed by atoms with Crippen LogP contribution in [0, 0.1) is 11.8 Å². The summed E-state index contributed by atoms with van der Waals surface area (Å²) in [6, 6.07) is 5.27. The number of oxime groups is 1. The Kier molecular flexibility index (Phi) is 7.64. The van der Waals surface area contributed by atoms with Crippen molar-refractivity contribution in [1.82, 2.24) is 0 Å². The van der Waals surface area contributed by atoms with Crippen molar-refractivity contribution in [1.29, 1.82) is 0 Å². The van der Waals surface area contributed by atoms with Gasteiger partial charge in [0.2, 0.25) is 0 Å². The van der Waals surface area contributed by atoms with Crippen LogP contribution in [0.1, 0.15) is 51.7 Å². The molecule has 2 rings (SSSR count). The molecule has 0 saturated carbocycles. The summed E-state index contributed by atoms with van der Waals surface area (Å²) in [5.74, 6) is 0.888. The quantitative estimate of drug-likeness (QED) is 0.309. The van der Waals surface area contributed by atoms with Gasteiger partial charge in [0.1, 0.15) is 5.75 Å². The minimum absolute atomic E-state index is 0.228. The van der Waals surface area contributed by atoms with E-state index in [9.17, 15) is 9.59 Å². The second-order valence-corrected chi connectivity index (χ2v) is 7.31. The van der Waals surface area contributed by atoms with E-state index < -0.39 is 12.3 Å². The molecule has 0 unspecified atom stereocenters. The van der Waals surface area contributed by atoms with Crippen molar-refractivity contribution in [2.45, 2.75) is 47.0 Å². The molecule has 0 fully saturated rings. The first-order valence-electron chi connectivity index (χ1n) is 9.23. The number of fused-ring (bicyclic) bond motifs is 1. The lowest BCUT2D eigenvalue weighted by atomic mass is 9.90. The van der Waals surface area contributed by atoms with E-state index in [-0.39, 0.29) is 18.4 Å². The average Bonchev–Trinajstić information content (AvgIpc) is 2.62. The smallest absolute Gasteiger partial charge is 0.434 e. The molecule has 1 aromatic carbocycles. The zero-order valence-corrected chi connectivity index (χ0v) is 16.3. The summed E-state index contributed by atoms with van der Waals surface area (Å²) in [5.41, 5.74) is 2.53. The van der Waals surface area contributed by atoms with Gasteiger partial charge >= 0.3 is 12.3 Å². The van der Waals surface area contributed by atoms with Crippen LogP contribution >= 0.6 is 0 Å². The van der Waals surface area contributed by atoms with E-state index in [1.807, 2.05) is 27.7 Å². The van der Waals surface area contributed by atoms with E-state index in [0.29, 0.717) is 24.5 Å². The highest BCUT2D eigenvalue weighted by atomic mass is 16.8.